The molecule has 4 rings (SSSR count). The zero-order chi connectivity index (χ0) is 17.9. The van der Waals surface area contributed by atoms with E-state index in [1.165, 1.54) is 27.8 Å². The molecule has 0 aromatic heterocycles. The maximum Gasteiger partial charge on any atom is 0.0910 e. The molecule has 3 aromatic carbocycles. The third-order valence-electron chi connectivity index (χ3n) is 4.94. The first kappa shape index (κ1) is 17.1. The Bertz CT molecular complexity index is 790. The summed E-state index contributed by atoms with van der Waals surface area (Å²) >= 11 is 0. The van der Waals surface area contributed by atoms with Crippen LogP contribution in [0.2, 0.25) is 0 Å². The zero-order valence-corrected chi connectivity index (χ0v) is 16.4. The molecule has 2 nitrogen and oxygen atoms in total. The molecule has 0 atom stereocenters. The maximum atomic E-state index is 2.53. The first-order valence-electron chi connectivity index (χ1n) is 9.12. The van der Waals surface area contributed by atoms with Crippen molar-refractivity contribution in [3.8, 4) is 0 Å². The topological polar surface area (TPSA) is 6.48 Å². The number of hydrogen-bond donors (Lipinski definition) is 0. The van der Waals surface area contributed by atoms with Crippen molar-refractivity contribution in [1.29, 1.82) is 0 Å². The van der Waals surface area contributed by atoms with E-state index in [-0.39, 0.29) is 7.92 Å². The summed E-state index contributed by atoms with van der Waals surface area (Å²) in [6.45, 7) is 5.24. The van der Waals surface area contributed by atoms with Crippen LogP contribution < -0.4 is 15.1 Å². The summed E-state index contributed by atoms with van der Waals surface area (Å²) in [4.78, 5) is 5.06. The Labute approximate surface area is 157 Å². The lowest BCUT2D eigenvalue weighted by atomic mass is 10.2. The van der Waals surface area contributed by atoms with Gasteiger partial charge in [0.05, 0.1) is 6.67 Å². The van der Waals surface area contributed by atoms with Gasteiger partial charge in [0.2, 0.25) is 0 Å². The monoisotopic (exact) mass is 360 g/mol. The van der Waals surface area contributed by atoms with E-state index in [0.29, 0.717) is 0 Å². The van der Waals surface area contributed by atoms with Gasteiger partial charge in [0.1, 0.15) is 0 Å². The lowest BCUT2D eigenvalue weighted by molar-refractivity contribution is 0.799. The van der Waals surface area contributed by atoms with Crippen molar-refractivity contribution < 1.29 is 0 Å². The van der Waals surface area contributed by atoms with Crippen LogP contribution in [0, 0.1) is 13.8 Å². The third-order valence-corrected chi connectivity index (χ3v) is 7.34. The molecule has 0 amide bonds. The molecule has 1 aliphatic rings. The summed E-state index contributed by atoms with van der Waals surface area (Å²) in [6.07, 6.45) is 2.23. The highest BCUT2D eigenvalue weighted by Gasteiger charge is 2.26. The number of benzene rings is 3. The smallest absolute Gasteiger partial charge is 0.0910 e. The quantitative estimate of drug-likeness (QED) is 0.584. The second-order valence-corrected chi connectivity index (χ2v) is 9.21. The van der Waals surface area contributed by atoms with Crippen LogP contribution in [0.4, 0.5) is 11.4 Å². The van der Waals surface area contributed by atoms with Gasteiger partial charge in [-0.1, -0.05) is 65.7 Å². The molecule has 0 radical (unpaired) electrons. The molecule has 0 N–H and O–H groups in total. The predicted molar refractivity (Wildman–Crippen MR) is 115 cm³/mol. The summed E-state index contributed by atoms with van der Waals surface area (Å²) in [7, 11) is -0.256. The van der Waals surface area contributed by atoms with E-state index >= 15 is 0 Å². The van der Waals surface area contributed by atoms with Crippen LogP contribution in [0.1, 0.15) is 11.1 Å². The van der Waals surface area contributed by atoms with Crippen molar-refractivity contribution in [2.45, 2.75) is 13.8 Å². The van der Waals surface area contributed by atoms with Gasteiger partial charge < -0.3 is 9.80 Å². The van der Waals surface area contributed by atoms with Crippen LogP contribution in [0.15, 0.2) is 78.9 Å². The number of nitrogens with zero attached hydrogens (tertiary/aromatic N) is 2. The maximum absolute atomic E-state index is 2.53. The highest BCUT2D eigenvalue weighted by atomic mass is 31.1. The molecular weight excluding hydrogens is 335 g/mol. The van der Waals surface area contributed by atoms with E-state index in [1.807, 2.05) is 0 Å². The Hall–Kier alpha value is -2.31. The van der Waals surface area contributed by atoms with Gasteiger partial charge in [0, 0.05) is 23.9 Å². The number of aryl methyl sites for hydroxylation is 2. The first-order chi connectivity index (χ1) is 12.7. The molecule has 0 saturated carbocycles. The molecule has 0 spiro atoms. The zero-order valence-electron chi connectivity index (χ0n) is 15.5. The third kappa shape index (κ3) is 3.76. The minimum atomic E-state index is -0.256. The molecule has 1 heterocycles. The molecule has 3 aromatic rings. The Balaban J connectivity index is 1.66. The van der Waals surface area contributed by atoms with Crippen molar-refractivity contribution in [3.05, 3.63) is 90.0 Å². The lowest BCUT2D eigenvalue weighted by Crippen LogP contribution is -2.45. The van der Waals surface area contributed by atoms with Gasteiger partial charge >= 0.3 is 0 Å². The van der Waals surface area contributed by atoms with Crippen LogP contribution in [0.3, 0.4) is 0 Å². The van der Waals surface area contributed by atoms with Crippen molar-refractivity contribution in [2.24, 2.45) is 0 Å². The summed E-state index contributed by atoms with van der Waals surface area (Å²) in [5.41, 5.74) is 5.25. The molecule has 26 heavy (non-hydrogen) atoms. The SMILES string of the molecule is Cc1ccc(N2CN(c3ccc(C)cc3)CP(c3ccccc3)C2)cc1. The minimum Gasteiger partial charge on any atom is -0.349 e. The second kappa shape index (κ2) is 7.51. The van der Waals surface area contributed by atoms with Crippen molar-refractivity contribution >= 4 is 24.6 Å². The molecule has 3 heteroatoms. The van der Waals surface area contributed by atoms with Gasteiger partial charge in [0.15, 0.2) is 0 Å². The molecule has 0 bridgehead atoms. The fourth-order valence-electron chi connectivity index (χ4n) is 3.39. The van der Waals surface area contributed by atoms with Gasteiger partial charge in [-0.25, -0.2) is 0 Å². The molecule has 0 unspecified atom stereocenters. The van der Waals surface area contributed by atoms with Crippen LogP contribution >= 0.6 is 7.92 Å². The largest absolute Gasteiger partial charge is 0.349 e. The van der Waals surface area contributed by atoms with E-state index < -0.39 is 0 Å². The summed E-state index contributed by atoms with van der Waals surface area (Å²) in [5, 5.41) is 1.48. The lowest BCUT2D eigenvalue weighted by Gasteiger charge is -2.43. The van der Waals surface area contributed by atoms with E-state index in [4.69, 9.17) is 0 Å². The highest BCUT2D eigenvalue weighted by molar-refractivity contribution is 7.65. The second-order valence-electron chi connectivity index (χ2n) is 7.05. The van der Waals surface area contributed by atoms with Gasteiger partial charge in [-0.2, -0.15) is 0 Å². The average Bonchev–Trinajstić information content (AvgIpc) is 2.69. The van der Waals surface area contributed by atoms with Gasteiger partial charge in [-0.15, -0.1) is 0 Å². The normalized spacial score (nSPS) is 15.3. The molecule has 1 saturated heterocycles. The van der Waals surface area contributed by atoms with Crippen molar-refractivity contribution in [1.82, 2.24) is 0 Å². The Kier molecular flexibility index (Phi) is 4.95. The van der Waals surface area contributed by atoms with E-state index in [1.54, 1.807) is 0 Å². The molecular formula is C23H25N2P. The number of rotatable bonds is 3. The van der Waals surface area contributed by atoms with E-state index in [2.05, 4.69) is 103 Å². The van der Waals surface area contributed by atoms with Crippen LogP contribution in [-0.4, -0.2) is 19.2 Å². The van der Waals surface area contributed by atoms with Gasteiger partial charge in [-0.05, 0) is 51.3 Å². The standard InChI is InChI=1S/C23H25N2P/c1-19-8-12-21(13-9-19)24-16-25(22-14-10-20(2)11-15-22)18-26(17-24)23-6-4-3-5-7-23/h3-15H,16-18H2,1-2H3. The molecule has 1 aliphatic heterocycles. The summed E-state index contributed by atoms with van der Waals surface area (Å²) < 4.78 is 0. The molecule has 132 valence electrons. The highest BCUT2D eigenvalue weighted by Crippen LogP contribution is 2.42. The van der Waals surface area contributed by atoms with Crippen LogP contribution in [-0.2, 0) is 0 Å². The average molecular weight is 360 g/mol. The number of anilines is 2. The Morgan fingerprint density at radius 3 is 1.54 bits per heavy atom. The van der Waals surface area contributed by atoms with E-state index in [9.17, 15) is 0 Å². The Morgan fingerprint density at radius 1 is 0.615 bits per heavy atom. The van der Waals surface area contributed by atoms with Crippen LogP contribution in [0.5, 0.6) is 0 Å². The fraction of sp³-hybridized carbons (Fsp3) is 0.217. The van der Waals surface area contributed by atoms with Crippen molar-refractivity contribution in [3.63, 3.8) is 0 Å². The fourth-order valence-corrected chi connectivity index (χ4v) is 5.73. The van der Waals surface area contributed by atoms with Gasteiger partial charge in [-0.3, -0.25) is 0 Å². The predicted octanol–water partition coefficient (Wildman–Crippen LogP) is 5.31. The molecule has 1 fully saturated rings. The van der Waals surface area contributed by atoms with Crippen molar-refractivity contribution in [2.75, 3.05) is 29.0 Å². The van der Waals surface area contributed by atoms with Gasteiger partial charge in [0.25, 0.3) is 0 Å². The van der Waals surface area contributed by atoms with E-state index in [0.717, 1.165) is 19.2 Å². The Morgan fingerprint density at radius 2 is 1.08 bits per heavy atom. The first-order valence-corrected chi connectivity index (χ1v) is 10.8. The number of hydrogen-bond acceptors (Lipinski definition) is 2. The summed E-state index contributed by atoms with van der Waals surface area (Å²) in [6, 6.07) is 28.9. The minimum absolute atomic E-state index is 0.256. The molecule has 0 aliphatic carbocycles. The van der Waals surface area contributed by atoms with Crippen LogP contribution in [0.25, 0.3) is 0 Å². The summed E-state index contributed by atoms with van der Waals surface area (Å²) in [5.74, 6) is 0.